The van der Waals surface area contributed by atoms with Crippen LogP contribution in [-0.2, 0) is 4.79 Å². The van der Waals surface area contributed by atoms with Gasteiger partial charge in [-0.2, -0.15) is 0 Å². The van der Waals surface area contributed by atoms with Crippen LogP contribution in [0.5, 0.6) is 0 Å². The first kappa shape index (κ1) is 11.5. The fourth-order valence-electron chi connectivity index (χ4n) is 2.61. The highest BCUT2D eigenvalue weighted by Gasteiger charge is 2.50. The fourth-order valence-corrected chi connectivity index (χ4v) is 2.61. The minimum atomic E-state index is 0.0164. The predicted octanol–water partition coefficient (Wildman–Crippen LogP) is 3.74. The van der Waals surface area contributed by atoms with Gasteiger partial charge >= 0.3 is 0 Å². The van der Waals surface area contributed by atoms with Gasteiger partial charge in [-0.15, -0.1) is 0 Å². The molecule has 0 radical (unpaired) electrons. The molecule has 80 valence electrons. The zero-order valence-electron chi connectivity index (χ0n) is 9.68. The molecule has 0 saturated heterocycles. The molecule has 1 saturated carbocycles. The van der Waals surface area contributed by atoms with Gasteiger partial charge in [0.05, 0.1) is 0 Å². The highest BCUT2D eigenvalue weighted by atomic mass is 16.1. The molecule has 0 bridgehead atoms. The molecule has 14 heavy (non-hydrogen) atoms. The lowest BCUT2D eigenvalue weighted by Gasteiger charge is -2.46. The van der Waals surface area contributed by atoms with E-state index in [0.717, 1.165) is 19.3 Å². The van der Waals surface area contributed by atoms with Gasteiger partial charge in [-0.05, 0) is 25.7 Å². The second kappa shape index (κ2) is 4.77. The maximum Gasteiger partial charge on any atom is 0.140 e. The molecular weight excluding hydrogens is 172 g/mol. The molecule has 1 fully saturated rings. The van der Waals surface area contributed by atoms with Crippen molar-refractivity contribution in [1.29, 1.82) is 0 Å². The Bertz CT molecular complexity index is 229. The molecule has 0 aromatic heterocycles. The molecule has 0 heterocycles. The van der Waals surface area contributed by atoms with Crippen LogP contribution in [0, 0.1) is 11.3 Å². The molecule has 2 unspecified atom stereocenters. The van der Waals surface area contributed by atoms with Crippen molar-refractivity contribution in [3.63, 3.8) is 0 Å². The van der Waals surface area contributed by atoms with Gasteiger partial charge in [0.1, 0.15) is 5.78 Å². The Morgan fingerprint density at radius 2 is 2.21 bits per heavy atom. The van der Waals surface area contributed by atoms with E-state index in [0.29, 0.717) is 11.7 Å². The van der Waals surface area contributed by atoms with Gasteiger partial charge in [0, 0.05) is 11.8 Å². The summed E-state index contributed by atoms with van der Waals surface area (Å²) in [5.41, 5.74) is 0.0164. The number of carbonyl (C=O) groups is 1. The number of hydrogen-bond donors (Lipinski definition) is 0. The lowest BCUT2D eigenvalue weighted by Crippen LogP contribution is -2.48. The fraction of sp³-hybridized carbons (Fsp3) is 0.769. The van der Waals surface area contributed by atoms with Gasteiger partial charge in [0.25, 0.3) is 0 Å². The third-order valence-electron chi connectivity index (χ3n) is 3.70. The molecule has 2 atom stereocenters. The van der Waals surface area contributed by atoms with Gasteiger partial charge in [-0.1, -0.05) is 38.8 Å². The first-order valence-corrected chi connectivity index (χ1v) is 5.87. The summed E-state index contributed by atoms with van der Waals surface area (Å²) in [4.78, 5) is 11.7. The molecular formula is C13H22O. The SMILES string of the molecule is CC=CC1CC(=O)C1(CC)CCCC. The Balaban J connectivity index is 2.68. The molecule has 0 spiro atoms. The average molecular weight is 194 g/mol. The number of unbranched alkanes of at least 4 members (excludes halogenated alkanes) is 1. The molecule has 1 rings (SSSR count). The predicted molar refractivity (Wildman–Crippen MR) is 60.2 cm³/mol. The monoisotopic (exact) mass is 194 g/mol. The molecule has 0 N–H and O–H groups in total. The molecule has 1 heteroatoms. The summed E-state index contributed by atoms with van der Waals surface area (Å²) >= 11 is 0. The smallest absolute Gasteiger partial charge is 0.140 e. The summed E-state index contributed by atoms with van der Waals surface area (Å²) in [6.07, 6.45) is 9.58. The van der Waals surface area contributed by atoms with Gasteiger partial charge in [-0.3, -0.25) is 4.79 Å². The van der Waals surface area contributed by atoms with E-state index >= 15 is 0 Å². The highest BCUT2D eigenvalue weighted by molar-refractivity contribution is 5.92. The molecule has 0 aromatic rings. The minimum absolute atomic E-state index is 0.0164. The summed E-state index contributed by atoms with van der Waals surface area (Å²) in [6, 6.07) is 0. The van der Waals surface area contributed by atoms with Crippen LogP contribution < -0.4 is 0 Å². The largest absolute Gasteiger partial charge is 0.299 e. The van der Waals surface area contributed by atoms with Crippen LogP contribution in [0.1, 0.15) is 52.9 Å². The first-order valence-electron chi connectivity index (χ1n) is 5.87. The van der Waals surface area contributed by atoms with Crippen molar-refractivity contribution in [2.75, 3.05) is 0 Å². The van der Waals surface area contributed by atoms with Crippen molar-refractivity contribution in [3.8, 4) is 0 Å². The molecule has 0 aliphatic heterocycles. The summed E-state index contributed by atoms with van der Waals surface area (Å²) in [6.45, 7) is 6.39. The number of ketones is 1. The van der Waals surface area contributed by atoms with E-state index in [1.807, 2.05) is 6.92 Å². The molecule has 0 aromatic carbocycles. The van der Waals surface area contributed by atoms with Gasteiger partial charge in [0.15, 0.2) is 0 Å². The third-order valence-corrected chi connectivity index (χ3v) is 3.70. The third kappa shape index (κ3) is 1.77. The molecule has 0 amide bonds. The van der Waals surface area contributed by atoms with Crippen LogP contribution in [0.25, 0.3) is 0 Å². The quantitative estimate of drug-likeness (QED) is 0.609. The van der Waals surface area contributed by atoms with Crippen molar-refractivity contribution in [1.82, 2.24) is 0 Å². The van der Waals surface area contributed by atoms with Gasteiger partial charge in [0.2, 0.25) is 0 Å². The summed E-state index contributed by atoms with van der Waals surface area (Å²) < 4.78 is 0. The number of allylic oxidation sites excluding steroid dienone is 2. The van der Waals surface area contributed by atoms with Crippen molar-refractivity contribution in [3.05, 3.63) is 12.2 Å². The number of hydrogen-bond acceptors (Lipinski definition) is 1. The Morgan fingerprint density at radius 3 is 2.64 bits per heavy atom. The van der Waals surface area contributed by atoms with Gasteiger partial charge in [-0.25, -0.2) is 0 Å². The highest BCUT2D eigenvalue weighted by Crippen LogP contribution is 2.50. The number of rotatable bonds is 5. The van der Waals surface area contributed by atoms with Crippen LogP contribution in [0.3, 0.4) is 0 Å². The zero-order valence-corrected chi connectivity index (χ0v) is 9.68. The maximum atomic E-state index is 11.7. The summed E-state index contributed by atoms with van der Waals surface area (Å²) in [7, 11) is 0. The van der Waals surface area contributed by atoms with E-state index in [4.69, 9.17) is 0 Å². The van der Waals surface area contributed by atoms with E-state index in [9.17, 15) is 4.79 Å². The van der Waals surface area contributed by atoms with Crippen LogP contribution >= 0.6 is 0 Å². The Morgan fingerprint density at radius 1 is 1.50 bits per heavy atom. The Hall–Kier alpha value is -0.590. The van der Waals surface area contributed by atoms with Crippen LogP contribution in [0.15, 0.2) is 12.2 Å². The summed E-state index contributed by atoms with van der Waals surface area (Å²) in [5.74, 6) is 1.02. The van der Waals surface area contributed by atoms with E-state index in [-0.39, 0.29) is 5.41 Å². The topological polar surface area (TPSA) is 17.1 Å². The standard InChI is InChI=1S/C13H22O/c1-4-7-9-13(6-3)11(8-5-2)10-12(13)14/h5,8,11H,4,6-7,9-10H2,1-3H3. The van der Waals surface area contributed by atoms with E-state index in [1.165, 1.54) is 12.8 Å². The summed E-state index contributed by atoms with van der Waals surface area (Å²) in [5, 5.41) is 0. The zero-order chi connectivity index (χ0) is 10.6. The van der Waals surface area contributed by atoms with E-state index in [1.54, 1.807) is 0 Å². The van der Waals surface area contributed by atoms with Gasteiger partial charge < -0.3 is 0 Å². The normalized spacial score (nSPS) is 32.2. The second-order valence-corrected chi connectivity index (χ2v) is 4.37. The molecule has 1 nitrogen and oxygen atoms in total. The molecule has 1 aliphatic rings. The molecule has 1 aliphatic carbocycles. The second-order valence-electron chi connectivity index (χ2n) is 4.37. The number of Topliss-reactive ketones (excluding diaryl/α,β-unsaturated/α-hetero) is 1. The first-order chi connectivity index (χ1) is 6.71. The van der Waals surface area contributed by atoms with E-state index in [2.05, 4.69) is 26.0 Å². The minimum Gasteiger partial charge on any atom is -0.299 e. The average Bonchev–Trinajstić information content (AvgIpc) is 2.19. The van der Waals surface area contributed by atoms with Crippen molar-refractivity contribution >= 4 is 5.78 Å². The van der Waals surface area contributed by atoms with Crippen molar-refractivity contribution in [2.45, 2.75) is 52.9 Å². The van der Waals surface area contributed by atoms with E-state index < -0.39 is 0 Å². The van der Waals surface area contributed by atoms with Crippen molar-refractivity contribution in [2.24, 2.45) is 11.3 Å². The Kier molecular flexibility index (Phi) is 3.91. The van der Waals surface area contributed by atoms with Crippen LogP contribution in [0.2, 0.25) is 0 Å². The van der Waals surface area contributed by atoms with Crippen molar-refractivity contribution < 1.29 is 4.79 Å². The Labute approximate surface area is 87.6 Å². The van der Waals surface area contributed by atoms with Crippen LogP contribution in [0.4, 0.5) is 0 Å². The van der Waals surface area contributed by atoms with Crippen LogP contribution in [-0.4, -0.2) is 5.78 Å². The maximum absolute atomic E-state index is 11.7. The lowest BCUT2D eigenvalue weighted by molar-refractivity contribution is -0.144. The number of carbonyl (C=O) groups excluding carboxylic acids is 1. The lowest BCUT2D eigenvalue weighted by atomic mass is 9.55.